The summed E-state index contributed by atoms with van der Waals surface area (Å²) in [4.78, 5) is 24.5. The molecule has 2 rings (SSSR count). The van der Waals surface area contributed by atoms with E-state index in [1.54, 1.807) is 24.3 Å². The molecule has 0 amide bonds. The summed E-state index contributed by atoms with van der Waals surface area (Å²) in [6, 6.07) is 12.4. The van der Waals surface area contributed by atoms with Crippen LogP contribution in [0.25, 0.3) is 0 Å². The van der Waals surface area contributed by atoms with Crippen LogP contribution in [0.5, 0.6) is 11.5 Å². The van der Waals surface area contributed by atoms with Gasteiger partial charge in [-0.2, -0.15) is 0 Å². The van der Waals surface area contributed by atoms with Crippen molar-refractivity contribution in [2.75, 3.05) is 26.4 Å². The van der Waals surface area contributed by atoms with Gasteiger partial charge in [-0.15, -0.1) is 0 Å². The first kappa shape index (κ1) is 53.5. The predicted molar refractivity (Wildman–Crippen MR) is 250 cm³/mol. The summed E-state index contributed by atoms with van der Waals surface area (Å²) in [7, 11) is -3.75. The number of esters is 2. The lowest BCUT2D eigenvalue weighted by Gasteiger charge is -2.10. The fourth-order valence-electron chi connectivity index (χ4n) is 7.04. The largest absolute Gasteiger partial charge is 0.490 e. The first-order valence-corrected chi connectivity index (χ1v) is 25.7. The summed E-state index contributed by atoms with van der Waals surface area (Å²) in [5, 5.41) is 0. The smallest absolute Gasteiger partial charge is 0.305 e. The lowest BCUT2D eigenvalue weighted by atomic mass is 10.0. The van der Waals surface area contributed by atoms with E-state index in [0.717, 1.165) is 38.5 Å². The minimum atomic E-state index is -3.75. The van der Waals surface area contributed by atoms with Crippen LogP contribution in [0.1, 0.15) is 194 Å². The van der Waals surface area contributed by atoms with E-state index in [2.05, 4.69) is 38.2 Å². The van der Waals surface area contributed by atoms with E-state index < -0.39 is 9.84 Å². The zero-order valence-electron chi connectivity index (χ0n) is 38.2. The molecule has 9 heteroatoms. The van der Waals surface area contributed by atoms with Gasteiger partial charge in [0.2, 0.25) is 9.84 Å². The highest BCUT2D eigenvalue weighted by atomic mass is 32.2. The number of hydrogen-bond acceptors (Lipinski definition) is 8. The highest BCUT2D eigenvalue weighted by Gasteiger charge is 2.18. The fraction of sp³-hybridized carbons (Fsp3) is 0.654. The molecule has 0 spiro atoms. The van der Waals surface area contributed by atoms with Gasteiger partial charge in [0, 0.05) is 12.8 Å². The Morgan fingerprint density at radius 3 is 1.03 bits per heavy atom. The van der Waals surface area contributed by atoms with E-state index >= 15 is 0 Å². The lowest BCUT2D eigenvalue weighted by Crippen LogP contribution is -2.12. The van der Waals surface area contributed by atoms with E-state index in [9.17, 15) is 18.0 Å². The van der Waals surface area contributed by atoms with Gasteiger partial charge in [0.15, 0.2) is 0 Å². The normalized spacial score (nSPS) is 11.7. The molecule has 2 aromatic rings. The maximum absolute atomic E-state index is 13.2. The van der Waals surface area contributed by atoms with E-state index in [-0.39, 0.29) is 48.2 Å². The van der Waals surface area contributed by atoms with Crippen LogP contribution in [0, 0.1) is 0 Å². The third kappa shape index (κ3) is 28.6. The molecule has 0 aliphatic carbocycles. The van der Waals surface area contributed by atoms with E-state index in [1.165, 1.54) is 153 Å². The van der Waals surface area contributed by atoms with Crippen molar-refractivity contribution in [2.45, 2.75) is 203 Å². The van der Waals surface area contributed by atoms with Crippen molar-refractivity contribution >= 4 is 21.8 Å². The van der Waals surface area contributed by atoms with Crippen molar-refractivity contribution in [1.82, 2.24) is 0 Å². The molecule has 0 atom stereocenters. The summed E-state index contributed by atoms with van der Waals surface area (Å²) in [5.74, 6) is 0.558. The summed E-state index contributed by atoms with van der Waals surface area (Å²) in [5.41, 5.74) is 0. The average molecular weight is 867 g/mol. The summed E-state index contributed by atoms with van der Waals surface area (Å²) in [6.45, 7) is 5.09. The minimum absolute atomic E-state index is 0.139. The Kier molecular flexibility index (Phi) is 32.5. The fourth-order valence-corrected chi connectivity index (χ4v) is 8.30. The molecule has 2 aromatic carbocycles. The van der Waals surface area contributed by atoms with Crippen LogP contribution >= 0.6 is 0 Å². The molecule has 0 aliphatic rings. The third-order valence-electron chi connectivity index (χ3n) is 10.7. The molecule has 61 heavy (non-hydrogen) atoms. The molecule has 0 N–H and O–H groups in total. The molecule has 0 aliphatic heterocycles. The number of carbonyl (C=O) groups is 2. The maximum Gasteiger partial charge on any atom is 0.305 e. The Labute approximate surface area is 371 Å². The van der Waals surface area contributed by atoms with Crippen LogP contribution in [-0.2, 0) is 28.9 Å². The lowest BCUT2D eigenvalue weighted by molar-refractivity contribution is -0.145. The molecular formula is C52H82O8S. The second-order valence-electron chi connectivity index (χ2n) is 16.3. The number of benzene rings is 2. The van der Waals surface area contributed by atoms with Crippen molar-refractivity contribution in [3.63, 3.8) is 0 Å². The Bertz CT molecular complexity index is 1420. The molecule has 0 bridgehead atoms. The summed E-state index contributed by atoms with van der Waals surface area (Å²) < 4.78 is 48.4. The van der Waals surface area contributed by atoms with Gasteiger partial charge in [0.05, 0.1) is 9.79 Å². The predicted octanol–water partition coefficient (Wildman–Crippen LogP) is 14.4. The van der Waals surface area contributed by atoms with E-state index in [1.807, 2.05) is 0 Å². The second kappa shape index (κ2) is 37.0. The van der Waals surface area contributed by atoms with Gasteiger partial charge in [-0.05, 0) is 99.9 Å². The van der Waals surface area contributed by atoms with Gasteiger partial charge < -0.3 is 18.9 Å². The van der Waals surface area contributed by atoms with Crippen molar-refractivity contribution < 1.29 is 37.0 Å². The quantitative estimate of drug-likeness (QED) is 0.0370. The Hall–Kier alpha value is -3.59. The van der Waals surface area contributed by atoms with E-state index in [4.69, 9.17) is 18.9 Å². The standard InChI is InChI=1S/C52H82O8S/c1-3-5-7-9-11-13-15-17-19-21-23-25-27-29-31-33-51(53)59-45-43-57-47-35-39-49(40-36-47)61(55,56)50-41-37-48(38-42-50)58-44-46-60-52(54)34-32-30-28-26-24-22-20-18-16-14-12-10-8-6-4-2/h7-10,35-42H,3-6,11-34,43-46H2,1-2H3/b9-7+,10-8+. The first-order valence-electron chi connectivity index (χ1n) is 24.2. The van der Waals surface area contributed by atoms with Crippen molar-refractivity contribution in [3.05, 3.63) is 72.8 Å². The van der Waals surface area contributed by atoms with E-state index in [0.29, 0.717) is 24.3 Å². The van der Waals surface area contributed by atoms with Crippen molar-refractivity contribution in [2.24, 2.45) is 0 Å². The van der Waals surface area contributed by atoms with Crippen molar-refractivity contribution in [3.8, 4) is 11.5 Å². The number of ether oxygens (including phenoxy) is 4. The molecule has 0 saturated heterocycles. The van der Waals surface area contributed by atoms with Gasteiger partial charge in [0.1, 0.15) is 37.9 Å². The van der Waals surface area contributed by atoms with Gasteiger partial charge in [-0.3, -0.25) is 9.59 Å². The van der Waals surface area contributed by atoms with Crippen LogP contribution in [0.3, 0.4) is 0 Å². The second-order valence-corrected chi connectivity index (χ2v) is 18.2. The van der Waals surface area contributed by atoms with Crippen LogP contribution < -0.4 is 9.47 Å². The number of rotatable bonds is 40. The van der Waals surface area contributed by atoms with Crippen LogP contribution in [0.4, 0.5) is 0 Å². The molecule has 344 valence electrons. The highest BCUT2D eigenvalue weighted by Crippen LogP contribution is 2.25. The average Bonchev–Trinajstić information content (AvgIpc) is 3.27. The van der Waals surface area contributed by atoms with Crippen molar-refractivity contribution in [1.29, 1.82) is 0 Å². The first-order chi connectivity index (χ1) is 29.9. The van der Waals surface area contributed by atoms with Gasteiger partial charge in [-0.25, -0.2) is 8.42 Å². The highest BCUT2D eigenvalue weighted by molar-refractivity contribution is 7.91. The van der Waals surface area contributed by atoms with Crippen LogP contribution in [0.2, 0.25) is 0 Å². The summed E-state index contributed by atoms with van der Waals surface area (Å²) >= 11 is 0. The SMILES string of the molecule is CCC/C=C/CCCCCCCCCCCCC(=O)OCCOc1ccc(S(=O)(=O)c2ccc(OCCOC(=O)CCCCCCCCCCCC/C=C/CCC)cc2)cc1. The zero-order chi connectivity index (χ0) is 43.9. The minimum Gasteiger partial charge on any atom is -0.490 e. The Morgan fingerprint density at radius 2 is 0.705 bits per heavy atom. The number of sulfone groups is 1. The molecular weight excluding hydrogens is 785 g/mol. The topological polar surface area (TPSA) is 105 Å². The molecule has 8 nitrogen and oxygen atoms in total. The van der Waals surface area contributed by atoms with Crippen LogP contribution in [0.15, 0.2) is 82.6 Å². The zero-order valence-corrected chi connectivity index (χ0v) is 39.0. The number of carbonyl (C=O) groups excluding carboxylic acids is 2. The van der Waals surface area contributed by atoms with Gasteiger partial charge in [0.25, 0.3) is 0 Å². The molecule has 0 radical (unpaired) electrons. The third-order valence-corrected chi connectivity index (χ3v) is 12.5. The molecule has 0 saturated carbocycles. The number of unbranched alkanes of at least 4 members (excludes halogenated alkanes) is 22. The maximum atomic E-state index is 13.2. The summed E-state index contributed by atoms with van der Waals surface area (Å²) in [6.07, 6.45) is 41.7. The number of hydrogen-bond donors (Lipinski definition) is 0. The molecule has 0 fully saturated rings. The number of allylic oxidation sites excluding steroid dienone is 4. The van der Waals surface area contributed by atoms with Gasteiger partial charge in [-0.1, -0.05) is 154 Å². The molecule has 0 aromatic heterocycles. The Balaban J connectivity index is 1.47. The van der Waals surface area contributed by atoms with Gasteiger partial charge >= 0.3 is 11.9 Å². The Morgan fingerprint density at radius 1 is 0.410 bits per heavy atom. The molecule has 0 unspecified atom stereocenters. The monoisotopic (exact) mass is 867 g/mol. The molecule has 0 heterocycles. The van der Waals surface area contributed by atoms with Crippen LogP contribution in [-0.4, -0.2) is 46.8 Å².